The Morgan fingerprint density at radius 3 is 1.43 bits per heavy atom. The number of hydrogen-bond acceptors (Lipinski definition) is 4. The minimum atomic E-state index is -4.42. The molecule has 0 amide bonds. The first-order valence-corrected chi connectivity index (χ1v) is 20.7. The Labute approximate surface area is 311 Å². The fourth-order valence-electron chi connectivity index (χ4n) is 5.89. The van der Waals surface area contributed by atoms with Gasteiger partial charge in [-0.2, -0.15) is 0 Å². The summed E-state index contributed by atoms with van der Waals surface area (Å²) in [6, 6.07) is 62.0. The highest BCUT2D eigenvalue weighted by Gasteiger charge is 2.45. The second-order valence-corrected chi connectivity index (χ2v) is 17.4. The minimum absolute atomic E-state index is 0.194. The maximum Gasteiger partial charge on any atom is 0.124 e. The first-order valence-electron chi connectivity index (χ1n) is 16.3. The SMILES string of the molecule is Cc1ccc(Nc2ccc3cc(S(=O)(=O)[O-])ccc3c2)cc1.ClCCl.c1ccc(C[P+](c2ccccc2)(c2ccccc2)c2ccccc2)cc1. The van der Waals surface area contributed by atoms with Crippen molar-refractivity contribution in [3.63, 3.8) is 0 Å². The molecule has 51 heavy (non-hydrogen) atoms. The van der Waals surface area contributed by atoms with Crippen LogP contribution in [0.5, 0.6) is 0 Å². The van der Waals surface area contributed by atoms with E-state index in [4.69, 9.17) is 23.2 Å². The third-order valence-corrected chi connectivity index (χ3v) is 13.5. The number of benzene rings is 7. The van der Waals surface area contributed by atoms with E-state index in [2.05, 4.69) is 127 Å². The molecule has 7 aromatic rings. The number of halogens is 2. The molecule has 0 bridgehead atoms. The molecule has 258 valence electrons. The summed E-state index contributed by atoms with van der Waals surface area (Å²) in [4.78, 5) is -0.209. The van der Waals surface area contributed by atoms with E-state index in [1.54, 1.807) is 12.1 Å². The van der Waals surface area contributed by atoms with Crippen LogP contribution in [0.25, 0.3) is 10.8 Å². The van der Waals surface area contributed by atoms with Crippen LogP contribution >= 0.6 is 30.5 Å². The molecule has 0 aliphatic heterocycles. The van der Waals surface area contributed by atoms with Crippen molar-refractivity contribution < 1.29 is 13.0 Å². The van der Waals surface area contributed by atoms with Crippen LogP contribution in [0.15, 0.2) is 187 Å². The predicted octanol–water partition coefficient (Wildman–Crippen LogP) is 10.4. The van der Waals surface area contributed by atoms with Crippen LogP contribution in [0.1, 0.15) is 11.1 Å². The fourth-order valence-corrected chi connectivity index (χ4v) is 10.6. The standard InChI is InChI=1S/C25H22P.C17H15NO3S.CH2Cl2/c1-5-13-22(14-6-1)21-26(23-15-7-2-8-16-23,24-17-9-3-10-18-24)25-19-11-4-12-20-25;1-12-2-6-15(7-3-12)18-16-8-4-14-11-17(22(19,20)21)9-5-13(14)10-16;2-1-3/h1-20H,21H2;2-11,18H,1H3,(H,19,20,21);1H2/q+1;;/p-1. The Balaban J connectivity index is 0.000000186. The van der Waals surface area contributed by atoms with Gasteiger partial charge in [0.15, 0.2) is 0 Å². The van der Waals surface area contributed by atoms with E-state index in [1.807, 2.05) is 43.3 Å². The summed E-state index contributed by atoms with van der Waals surface area (Å²) in [6.07, 6.45) is 1.03. The highest BCUT2D eigenvalue weighted by molar-refractivity contribution is 7.95. The van der Waals surface area contributed by atoms with Crippen LogP contribution in [-0.2, 0) is 16.3 Å². The first-order chi connectivity index (χ1) is 24.7. The third-order valence-electron chi connectivity index (χ3n) is 8.29. The topological polar surface area (TPSA) is 69.2 Å². The Morgan fingerprint density at radius 2 is 0.961 bits per heavy atom. The molecule has 0 radical (unpaired) electrons. The van der Waals surface area contributed by atoms with Gasteiger partial charge < -0.3 is 9.87 Å². The van der Waals surface area contributed by atoms with E-state index in [-0.39, 0.29) is 10.2 Å². The normalized spacial score (nSPS) is 11.1. The number of nitrogens with one attached hydrogen (secondary N) is 1. The average Bonchev–Trinajstić information content (AvgIpc) is 3.16. The van der Waals surface area contributed by atoms with Crippen LogP contribution < -0.4 is 21.2 Å². The monoisotopic (exact) mass is 749 g/mol. The molecular formula is C43H38Cl2NO3PS. The lowest BCUT2D eigenvalue weighted by Crippen LogP contribution is -2.32. The summed E-state index contributed by atoms with van der Waals surface area (Å²) in [6.45, 7) is 2.03. The lowest BCUT2D eigenvalue weighted by molar-refractivity contribution is 0.463. The molecular weight excluding hydrogens is 712 g/mol. The highest BCUT2D eigenvalue weighted by Crippen LogP contribution is 2.58. The largest absolute Gasteiger partial charge is 0.744 e. The number of anilines is 2. The maximum atomic E-state index is 11.0. The molecule has 7 rings (SSSR count). The molecule has 0 aliphatic rings. The fraction of sp³-hybridized carbons (Fsp3) is 0.0698. The van der Waals surface area contributed by atoms with E-state index >= 15 is 0 Å². The molecule has 0 saturated heterocycles. The van der Waals surface area contributed by atoms with Crippen LogP contribution in [-0.4, -0.2) is 18.3 Å². The Morgan fingerprint density at radius 1 is 0.549 bits per heavy atom. The third kappa shape index (κ3) is 10.1. The zero-order chi connectivity index (χ0) is 36.1. The van der Waals surface area contributed by atoms with E-state index in [0.29, 0.717) is 5.39 Å². The van der Waals surface area contributed by atoms with Gasteiger partial charge in [-0.1, -0.05) is 115 Å². The molecule has 0 heterocycles. The lowest BCUT2D eigenvalue weighted by Gasteiger charge is -2.27. The van der Waals surface area contributed by atoms with Crippen molar-refractivity contribution in [3.05, 3.63) is 193 Å². The molecule has 0 atom stereocenters. The molecule has 0 fully saturated rings. The van der Waals surface area contributed by atoms with Crippen molar-refractivity contribution in [2.75, 3.05) is 10.7 Å². The van der Waals surface area contributed by atoms with Crippen LogP contribution in [0, 0.1) is 6.92 Å². The number of rotatable bonds is 8. The van der Waals surface area contributed by atoms with Gasteiger partial charge >= 0.3 is 0 Å². The van der Waals surface area contributed by atoms with Crippen molar-refractivity contribution in [3.8, 4) is 0 Å². The summed E-state index contributed by atoms with van der Waals surface area (Å²) >= 11 is 9.53. The lowest BCUT2D eigenvalue weighted by atomic mass is 10.1. The van der Waals surface area contributed by atoms with E-state index in [1.165, 1.54) is 39.2 Å². The number of fused-ring (bicyclic) bond motifs is 1. The zero-order valence-electron chi connectivity index (χ0n) is 28.1. The van der Waals surface area contributed by atoms with Gasteiger partial charge in [0, 0.05) is 11.4 Å². The average molecular weight is 751 g/mol. The van der Waals surface area contributed by atoms with Crippen LogP contribution in [0.4, 0.5) is 11.4 Å². The molecule has 8 heteroatoms. The van der Waals surface area contributed by atoms with E-state index in [0.717, 1.165) is 22.9 Å². The molecule has 1 N–H and O–H groups in total. The van der Waals surface area contributed by atoms with Gasteiger partial charge in [-0.05, 0) is 96.1 Å². The summed E-state index contributed by atoms with van der Waals surface area (Å²) in [7, 11) is -6.20. The van der Waals surface area contributed by atoms with Crippen molar-refractivity contribution in [1.82, 2.24) is 0 Å². The van der Waals surface area contributed by atoms with Crippen LogP contribution in [0.2, 0.25) is 0 Å². The number of hydrogen-bond donors (Lipinski definition) is 1. The summed E-state index contributed by atoms with van der Waals surface area (Å²) in [5, 5.41) is 9.36. The Bertz CT molecular complexity index is 2130. The smallest absolute Gasteiger partial charge is 0.124 e. The zero-order valence-corrected chi connectivity index (χ0v) is 31.3. The molecule has 0 aliphatic carbocycles. The maximum absolute atomic E-state index is 11.0. The molecule has 7 aromatic carbocycles. The van der Waals surface area contributed by atoms with Gasteiger partial charge in [0.2, 0.25) is 0 Å². The van der Waals surface area contributed by atoms with Gasteiger partial charge in [0.25, 0.3) is 0 Å². The van der Waals surface area contributed by atoms with Crippen molar-refractivity contribution in [2.24, 2.45) is 0 Å². The number of aryl methyl sites for hydroxylation is 1. The molecule has 0 aromatic heterocycles. The van der Waals surface area contributed by atoms with Crippen molar-refractivity contribution in [2.45, 2.75) is 18.0 Å². The molecule has 4 nitrogen and oxygen atoms in total. The first kappa shape index (κ1) is 37.8. The predicted molar refractivity (Wildman–Crippen MR) is 218 cm³/mol. The minimum Gasteiger partial charge on any atom is -0.744 e. The summed E-state index contributed by atoms with van der Waals surface area (Å²) < 4.78 is 33.1. The van der Waals surface area contributed by atoms with Gasteiger partial charge in [0.05, 0.1) is 16.4 Å². The van der Waals surface area contributed by atoms with Crippen molar-refractivity contribution in [1.29, 1.82) is 0 Å². The van der Waals surface area contributed by atoms with Gasteiger partial charge in [-0.25, -0.2) is 8.42 Å². The van der Waals surface area contributed by atoms with Crippen LogP contribution in [0.3, 0.4) is 0 Å². The quantitative estimate of drug-likeness (QED) is 0.0954. The van der Waals surface area contributed by atoms with E-state index < -0.39 is 17.4 Å². The Kier molecular flexibility index (Phi) is 13.4. The number of alkyl halides is 2. The Hall–Kier alpha value is -4.48. The van der Waals surface area contributed by atoms with Gasteiger partial charge in [-0.3, -0.25) is 0 Å². The van der Waals surface area contributed by atoms with Gasteiger partial charge in [0.1, 0.15) is 33.3 Å². The second-order valence-electron chi connectivity index (χ2n) is 11.7. The molecule has 0 spiro atoms. The second kappa shape index (κ2) is 18.1. The summed E-state index contributed by atoms with van der Waals surface area (Å²) in [5.74, 6) is 0. The van der Waals surface area contributed by atoms with E-state index in [9.17, 15) is 13.0 Å². The van der Waals surface area contributed by atoms with Crippen molar-refractivity contribution >= 4 is 78.6 Å². The van der Waals surface area contributed by atoms with Gasteiger partial charge in [-0.15, -0.1) is 23.2 Å². The summed E-state index contributed by atoms with van der Waals surface area (Å²) in [5.41, 5.74) is 4.45. The molecule has 0 saturated carbocycles. The molecule has 0 unspecified atom stereocenters. The highest BCUT2D eigenvalue weighted by atomic mass is 35.5.